The van der Waals surface area contributed by atoms with E-state index in [2.05, 4.69) is 16.0 Å². The lowest BCUT2D eigenvalue weighted by Crippen LogP contribution is -2.29. The highest BCUT2D eigenvalue weighted by Crippen LogP contribution is 2.16. The Labute approximate surface area is 137 Å². The van der Waals surface area contributed by atoms with Crippen LogP contribution in [0.25, 0.3) is 0 Å². The summed E-state index contributed by atoms with van der Waals surface area (Å²) < 4.78 is 0. The van der Waals surface area contributed by atoms with Gasteiger partial charge in [-0.25, -0.2) is 0 Å². The van der Waals surface area contributed by atoms with Crippen LogP contribution in [-0.2, 0) is 14.4 Å². The fourth-order valence-electron chi connectivity index (χ4n) is 1.78. The summed E-state index contributed by atoms with van der Waals surface area (Å²) in [5, 5.41) is 7.97. The van der Waals surface area contributed by atoms with Crippen LogP contribution in [0.3, 0.4) is 0 Å². The average molecular weight is 332 g/mol. The second kappa shape index (κ2) is 7.42. The molecule has 0 spiro atoms. The number of benzene rings is 2. The monoisotopic (exact) mass is 331 g/mol. The Bertz CT molecular complexity index is 744. The molecular formula is C16H14ClN3O3. The number of carbonyl (C=O) groups excluding carboxylic acids is 3. The fourth-order valence-corrected chi connectivity index (χ4v) is 1.97. The molecule has 3 N–H and O–H groups in total. The zero-order valence-electron chi connectivity index (χ0n) is 12.2. The van der Waals surface area contributed by atoms with Crippen molar-refractivity contribution >= 4 is 46.4 Å². The molecule has 2 rings (SSSR count). The van der Waals surface area contributed by atoms with Gasteiger partial charge in [0.2, 0.25) is 5.91 Å². The topological polar surface area (TPSA) is 87.3 Å². The smallest absolute Gasteiger partial charge is 0.314 e. The maximum Gasteiger partial charge on any atom is 0.314 e. The van der Waals surface area contributed by atoms with Gasteiger partial charge in [-0.05, 0) is 42.5 Å². The van der Waals surface area contributed by atoms with Crippen molar-refractivity contribution < 1.29 is 14.4 Å². The summed E-state index contributed by atoms with van der Waals surface area (Å²) in [6.07, 6.45) is 0. The molecule has 0 aliphatic carbocycles. The highest BCUT2D eigenvalue weighted by atomic mass is 35.5. The normalized spacial score (nSPS) is 9.83. The van der Waals surface area contributed by atoms with E-state index >= 15 is 0 Å². The third-order valence-electron chi connectivity index (χ3n) is 2.75. The Morgan fingerprint density at radius 2 is 1.30 bits per heavy atom. The van der Waals surface area contributed by atoms with Gasteiger partial charge in [-0.15, -0.1) is 0 Å². The van der Waals surface area contributed by atoms with Crippen LogP contribution in [0.1, 0.15) is 6.92 Å². The minimum atomic E-state index is -0.808. The summed E-state index contributed by atoms with van der Waals surface area (Å²) in [5.74, 6) is -1.81. The second-order valence-corrected chi connectivity index (χ2v) is 5.11. The van der Waals surface area contributed by atoms with Crippen molar-refractivity contribution in [2.45, 2.75) is 6.92 Å². The molecule has 0 unspecified atom stereocenters. The second-order valence-electron chi connectivity index (χ2n) is 4.68. The van der Waals surface area contributed by atoms with Gasteiger partial charge < -0.3 is 16.0 Å². The molecule has 7 heteroatoms. The van der Waals surface area contributed by atoms with Crippen molar-refractivity contribution in [1.82, 2.24) is 0 Å². The molecule has 23 heavy (non-hydrogen) atoms. The van der Waals surface area contributed by atoms with Crippen LogP contribution >= 0.6 is 11.6 Å². The first-order chi connectivity index (χ1) is 10.9. The SMILES string of the molecule is CC(=O)Nc1ccc(NC(=O)C(=O)Nc2cccc(Cl)c2)cc1. The lowest BCUT2D eigenvalue weighted by atomic mass is 10.2. The number of halogens is 1. The van der Waals surface area contributed by atoms with E-state index < -0.39 is 11.8 Å². The molecule has 0 radical (unpaired) electrons. The Kier molecular flexibility index (Phi) is 5.32. The summed E-state index contributed by atoms with van der Waals surface area (Å²) in [6, 6.07) is 12.9. The van der Waals surface area contributed by atoms with Crippen molar-refractivity contribution in [1.29, 1.82) is 0 Å². The molecule has 0 aliphatic rings. The molecule has 6 nitrogen and oxygen atoms in total. The molecule has 0 saturated heterocycles. The number of amides is 3. The van der Waals surface area contributed by atoms with Crippen molar-refractivity contribution in [3.8, 4) is 0 Å². The van der Waals surface area contributed by atoms with E-state index in [0.717, 1.165) is 0 Å². The molecule has 0 saturated carbocycles. The van der Waals surface area contributed by atoms with Crippen LogP contribution < -0.4 is 16.0 Å². The summed E-state index contributed by atoms with van der Waals surface area (Å²) >= 11 is 5.81. The van der Waals surface area contributed by atoms with E-state index in [4.69, 9.17) is 11.6 Å². The number of hydrogen-bond acceptors (Lipinski definition) is 3. The highest BCUT2D eigenvalue weighted by Gasteiger charge is 2.14. The lowest BCUT2D eigenvalue weighted by Gasteiger charge is -2.08. The van der Waals surface area contributed by atoms with Crippen molar-refractivity contribution in [2.75, 3.05) is 16.0 Å². The Hall–Kier alpha value is -2.86. The minimum absolute atomic E-state index is 0.192. The third kappa shape index (κ3) is 5.12. The Balaban J connectivity index is 1.95. The van der Waals surface area contributed by atoms with Crippen LogP contribution in [0.5, 0.6) is 0 Å². The zero-order chi connectivity index (χ0) is 16.8. The summed E-state index contributed by atoms with van der Waals surface area (Å²) in [5.41, 5.74) is 1.46. The predicted molar refractivity (Wildman–Crippen MR) is 89.5 cm³/mol. The standard InChI is InChI=1S/C16H14ClN3O3/c1-10(21)18-12-5-7-13(8-6-12)19-15(22)16(23)20-14-4-2-3-11(17)9-14/h2-9H,1H3,(H,18,21)(H,19,22)(H,20,23). The number of anilines is 3. The summed E-state index contributed by atoms with van der Waals surface area (Å²) in [4.78, 5) is 34.6. The molecule has 0 atom stereocenters. The van der Waals surface area contributed by atoms with Crippen LogP contribution in [0, 0.1) is 0 Å². The first-order valence-electron chi connectivity index (χ1n) is 6.69. The van der Waals surface area contributed by atoms with Crippen LogP contribution in [0.4, 0.5) is 17.1 Å². The van der Waals surface area contributed by atoms with E-state index in [1.165, 1.54) is 13.0 Å². The van der Waals surface area contributed by atoms with Gasteiger partial charge in [0, 0.05) is 29.0 Å². The van der Waals surface area contributed by atoms with Gasteiger partial charge in [0.1, 0.15) is 0 Å². The van der Waals surface area contributed by atoms with Crippen molar-refractivity contribution in [2.24, 2.45) is 0 Å². The van der Waals surface area contributed by atoms with Crippen LogP contribution in [0.15, 0.2) is 48.5 Å². The molecule has 0 bridgehead atoms. The van der Waals surface area contributed by atoms with Crippen LogP contribution in [-0.4, -0.2) is 17.7 Å². The lowest BCUT2D eigenvalue weighted by molar-refractivity contribution is -0.132. The number of carbonyl (C=O) groups is 3. The molecule has 0 aromatic heterocycles. The number of nitrogens with one attached hydrogen (secondary N) is 3. The molecular weight excluding hydrogens is 318 g/mol. The molecule has 3 amide bonds. The van der Waals surface area contributed by atoms with Gasteiger partial charge in [0.15, 0.2) is 0 Å². The fraction of sp³-hybridized carbons (Fsp3) is 0.0625. The molecule has 2 aromatic rings. The third-order valence-corrected chi connectivity index (χ3v) is 2.99. The maximum absolute atomic E-state index is 11.8. The molecule has 118 valence electrons. The van der Waals surface area contributed by atoms with E-state index in [9.17, 15) is 14.4 Å². The van der Waals surface area contributed by atoms with E-state index in [1.54, 1.807) is 42.5 Å². The predicted octanol–water partition coefficient (Wildman–Crippen LogP) is 2.88. The van der Waals surface area contributed by atoms with Gasteiger partial charge in [-0.3, -0.25) is 14.4 Å². The van der Waals surface area contributed by atoms with E-state index in [-0.39, 0.29) is 5.91 Å². The van der Waals surface area contributed by atoms with Gasteiger partial charge in [0.05, 0.1) is 0 Å². The first kappa shape index (κ1) is 16.5. The quantitative estimate of drug-likeness (QED) is 0.756. The number of rotatable bonds is 3. The molecule has 0 fully saturated rings. The molecule has 0 heterocycles. The first-order valence-corrected chi connectivity index (χ1v) is 7.07. The molecule has 0 aliphatic heterocycles. The average Bonchev–Trinajstić information content (AvgIpc) is 2.48. The van der Waals surface area contributed by atoms with Crippen molar-refractivity contribution in [3.63, 3.8) is 0 Å². The Morgan fingerprint density at radius 3 is 1.83 bits per heavy atom. The van der Waals surface area contributed by atoms with E-state index in [0.29, 0.717) is 22.1 Å². The van der Waals surface area contributed by atoms with Crippen molar-refractivity contribution in [3.05, 3.63) is 53.6 Å². The Morgan fingerprint density at radius 1 is 0.783 bits per heavy atom. The minimum Gasteiger partial charge on any atom is -0.326 e. The zero-order valence-corrected chi connectivity index (χ0v) is 13.0. The van der Waals surface area contributed by atoms with Crippen LogP contribution in [0.2, 0.25) is 5.02 Å². The van der Waals surface area contributed by atoms with E-state index in [1.807, 2.05) is 0 Å². The van der Waals surface area contributed by atoms with Gasteiger partial charge in [-0.2, -0.15) is 0 Å². The largest absolute Gasteiger partial charge is 0.326 e. The van der Waals surface area contributed by atoms with Gasteiger partial charge in [0.25, 0.3) is 0 Å². The number of hydrogen-bond donors (Lipinski definition) is 3. The van der Waals surface area contributed by atoms with Gasteiger partial charge in [-0.1, -0.05) is 17.7 Å². The van der Waals surface area contributed by atoms with Gasteiger partial charge >= 0.3 is 11.8 Å². The summed E-state index contributed by atoms with van der Waals surface area (Å²) in [7, 11) is 0. The summed E-state index contributed by atoms with van der Waals surface area (Å²) in [6.45, 7) is 1.40. The maximum atomic E-state index is 11.8. The molecule has 2 aromatic carbocycles. The highest BCUT2D eigenvalue weighted by molar-refractivity contribution is 6.43.